The van der Waals surface area contributed by atoms with Gasteiger partial charge in [0.05, 0.1) is 0 Å². The van der Waals surface area contributed by atoms with E-state index in [0.717, 1.165) is 50.0 Å². The molecule has 0 amide bonds. The van der Waals surface area contributed by atoms with Crippen LogP contribution in [0.1, 0.15) is 16.7 Å². The van der Waals surface area contributed by atoms with Gasteiger partial charge in [-0.15, -0.1) is 0 Å². The lowest BCUT2D eigenvalue weighted by molar-refractivity contribution is 0.459. The van der Waals surface area contributed by atoms with Crippen molar-refractivity contribution in [1.82, 2.24) is 10.1 Å². The van der Waals surface area contributed by atoms with Crippen LogP contribution in [0.3, 0.4) is 0 Å². The average molecular weight is 463 g/mol. The molecule has 34 heavy (non-hydrogen) atoms. The van der Waals surface area contributed by atoms with Gasteiger partial charge in [0, 0.05) is 27.6 Å². The third-order valence-corrected chi connectivity index (χ3v) is 6.02. The first kappa shape index (κ1) is 20.5. The second-order valence-corrected chi connectivity index (χ2v) is 8.68. The second kappa shape index (κ2) is 8.32. The molecule has 6 rings (SSSR count). The maximum Gasteiger partial charge on any atom is 0.227 e. The highest BCUT2D eigenvalue weighted by molar-refractivity contribution is 6.31. The van der Waals surface area contributed by atoms with Crippen molar-refractivity contribution in [3.05, 3.63) is 107 Å². The standard InChI is InChI=1S/C29H19ClN2O2/c1-18-2-15-25-27(16-18)33-29(31-25)22-11-7-20(8-12-22)4-3-19-5-9-21(10-6-19)28-24-14-13-23(30)17-26(24)34-32-28/h2-17H,1H3. The SMILES string of the molecule is Cc1ccc2nc(-c3ccc(C=Cc4ccc(-c5noc6cc(Cl)ccc56)cc4)cc3)oc2c1. The Morgan fingerprint density at radius 1 is 0.735 bits per heavy atom. The summed E-state index contributed by atoms with van der Waals surface area (Å²) in [5.41, 5.74) is 8.48. The van der Waals surface area contributed by atoms with Crippen molar-refractivity contribution in [1.29, 1.82) is 0 Å². The molecular weight excluding hydrogens is 444 g/mol. The van der Waals surface area contributed by atoms with Crippen LogP contribution in [0.2, 0.25) is 5.02 Å². The van der Waals surface area contributed by atoms with E-state index in [1.807, 2.05) is 61.5 Å². The monoisotopic (exact) mass is 462 g/mol. The van der Waals surface area contributed by atoms with Gasteiger partial charge in [0.1, 0.15) is 11.2 Å². The van der Waals surface area contributed by atoms with Crippen molar-refractivity contribution in [2.24, 2.45) is 0 Å². The zero-order valence-electron chi connectivity index (χ0n) is 18.3. The topological polar surface area (TPSA) is 52.1 Å². The Balaban J connectivity index is 1.19. The number of aryl methyl sites for hydroxylation is 1. The smallest absolute Gasteiger partial charge is 0.227 e. The number of nitrogens with zero attached hydrogens (tertiary/aromatic N) is 2. The fourth-order valence-electron chi connectivity index (χ4n) is 3.96. The van der Waals surface area contributed by atoms with Gasteiger partial charge < -0.3 is 8.94 Å². The van der Waals surface area contributed by atoms with Crippen molar-refractivity contribution < 1.29 is 8.94 Å². The summed E-state index contributed by atoms with van der Waals surface area (Å²) < 4.78 is 11.4. The van der Waals surface area contributed by atoms with E-state index < -0.39 is 0 Å². The molecule has 0 aliphatic carbocycles. The van der Waals surface area contributed by atoms with Crippen LogP contribution in [0, 0.1) is 6.92 Å². The van der Waals surface area contributed by atoms with Crippen LogP contribution in [0.4, 0.5) is 0 Å². The highest BCUT2D eigenvalue weighted by atomic mass is 35.5. The van der Waals surface area contributed by atoms with E-state index in [1.165, 1.54) is 0 Å². The number of hydrogen-bond donors (Lipinski definition) is 0. The predicted molar refractivity (Wildman–Crippen MR) is 138 cm³/mol. The molecular formula is C29H19ClN2O2. The second-order valence-electron chi connectivity index (χ2n) is 8.24. The van der Waals surface area contributed by atoms with E-state index in [0.29, 0.717) is 16.5 Å². The summed E-state index contributed by atoms with van der Waals surface area (Å²) in [7, 11) is 0. The number of hydrogen-bond acceptors (Lipinski definition) is 4. The fraction of sp³-hybridized carbons (Fsp3) is 0.0345. The summed E-state index contributed by atoms with van der Waals surface area (Å²) in [6, 6.07) is 28.0. The molecule has 0 aliphatic rings. The molecule has 0 N–H and O–H groups in total. The molecule has 0 fully saturated rings. The number of aromatic nitrogens is 2. The van der Waals surface area contributed by atoms with Gasteiger partial charge in [0.25, 0.3) is 0 Å². The molecule has 4 aromatic carbocycles. The van der Waals surface area contributed by atoms with Crippen LogP contribution in [0.15, 0.2) is 93.9 Å². The number of oxazole rings is 1. The van der Waals surface area contributed by atoms with Crippen LogP contribution < -0.4 is 0 Å². The molecule has 0 aliphatic heterocycles. The van der Waals surface area contributed by atoms with Crippen molar-refractivity contribution in [2.45, 2.75) is 6.92 Å². The Labute approximate surface area is 201 Å². The normalized spacial score (nSPS) is 11.7. The lowest BCUT2D eigenvalue weighted by Crippen LogP contribution is -1.80. The van der Waals surface area contributed by atoms with Crippen molar-refractivity contribution in [3.8, 4) is 22.7 Å². The van der Waals surface area contributed by atoms with E-state index in [9.17, 15) is 0 Å². The van der Waals surface area contributed by atoms with Crippen molar-refractivity contribution >= 4 is 45.8 Å². The zero-order valence-corrected chi connectivity index (χ0v) is 19.1. The molecule has 6 aromatic rings. The van der Waals surface area contributed by atoms with Gasteiger partial charge in [0.15, 0.2) is 11.2 Å². The minimum absolute atomic E-state index is 0.632. The summed E-state index contributed by atoms with van der Waals surface area (Å²) in [6.07, 6.45) is 4.17. The molecule has 0 radical (unpaired) electrons. The molecule has 164 valence electrons. The lowest BCUT2D eigenvalue weighted by atomic mass is 10.0. The Bertz CT molecular complexity index is 1660. The third kappa shape index (κ3) is 3.89. The maximum absolute atomic E-state index is 6.04. The number of rotatable bonds is 4. The van der Waals surface area contributed by atoms with E-state index in [4.69, 9.17) is 20.5 Å². The summed E-state index contributed by atoms with van der Waals surface area (Å²) in [5.74, 6) is 0.634. The Morgan fingerprint density at radius 2 is 1.44 bits per heavy atom. The molecule has 2 heterocycles. The molecule has 0 atom stereocenters. The molecule has 5 heteroatoms. The zero-order chi connectivity index (χ0) is 23.1. The number of fused-ring (bicyclic) bond motifs is 2. The van der Waals surface area contributed by atoms with Crippen LogP contribution in [-0.2, 0) is 0 Å². The highest BCUT2D eigenvalue weighted by Gasteiger charge is 2.11. The van der Waals surface area contributed by atoms with E-state index in [2.05, 4.69) is 46.6 Å². The minimum atomic E-state index is 0.632. The van der Waals surface area contributed by atoms with Crippen LogP contribution >= 0.6 is 11.6 Å². The minimum Gasteiger partial charge on any atom is -0.436 e. The molecule has 0 saturated heterocycles. The molecule has 0 spiro atoms. The van der Waals surface area contributed by atoms with Crippen molar-refractivity contribution in [2.75, 3.05) is 0 Å². The first-order valence-electron chi connectivity index (χ1n) is 10.9. The summed E-state index contributed by atoms with van der Waals surface area (Å²) in [5, 5.41) is 5.79. The average Bonchev–Trinajstić information content (AvgIpc) is 3.47. The van der Waals surface area contributed by atoms with E-state index >= 15 is 0 Å². The van der Waals surface area contributed by atoms with Gasteiger partial charge >= 0.3 is 0 Å². The van der Waals surface area contributed by atoms with E-state index in [1.54, 1.807) is 6.07 Å². The fourth-order valence-corrected chi connectivity index (χ4v) is 4.12. The summed E-state index contributed by atoms with van der Waals surface area (Å²) in [4.78, 5) is 4.60. The highest BCUT2D eigenvalue weighted by Crippen LogP contribution is 2.30. The van der Waals surface area contributed by atoms with E-state index in [-0.39, 0.29) is 0 Å². The largest absolute Gasteiger partial charge is 0.436 e. The summed E-state index contributed by atoms with van der Waals surface area (Å²) in [6.45, 7) is 2.04. The Kier molecular flexibility index (Phi) is 5.01. The van der Waals surface area contributed by atoms with Crippen LogP contribution in [0.5, 0.6) is 0 Å². The quantitative estimate of drug-likeness (QED) is 0.246. The van der Waals surface area contributed by atoms with Gasteiger partial charge in [-0.2, -0.15) is 0 Å². The van der Waals surface area contributed by atoms with Gasteiger partial charge in [-0.25, -0.2) is 4.98 Å². The lowest BCUT2D eigenvalue weighted by Gasteiger charge is -2.00. The maximum atomic E-state index is 6.04. The first-order valence-corrected chi connectivity index (χ1v) is 11.3. The molecule has 0 saturated carbocycles. The van der Waals surface area contributed by atoms with Gasteiger partial charge in [0.2, 0.25) is 5.89 Å². The molecule has 0 bridgehead atoms. The molecule has 0 unspecified atom stereocenters. The van der Waals surface area contributed by atoms with Crippen LogP contribution in [0.25, 0.3) is 56.9 Å². The summed E-state index contributed by atoms with van der Waals surface area (Å²) >= 11 is 6.04. The van der Waals surface area contributed by atoms with Crippen molar-refractivity contribution in [3.63, 3.8) is 0 Å². The third-order valence-electron chi connectivity index (χ3n) is 5.79. The first-order chi connectivity index (χ1) is 16.6. The molecule has 2 aromatic heterocycles. The number of benzene rings is 4. The predicted octanol–water partition coefficient (Wildman–Crippen LogP) is 8.44. The Morgan fingerprint density at radius 3 is 2.18 bits per heavy atom. The molecule has 4 nitrogen and oxygen atoms in total. The Hall–Kier alpha value is -4.15. The number of halogens is 1. The van der Waals surface area contributed by atoms with Gasteiger partial charge in [-0.1, -0.05) is 71.4 Å². The van der Waals surface area contributed by atoms with Gasteiger partial charge in [-0.05, 0) is 60.0 Å². The van der Waals surface area contributed by atoms with Gasteiger partial charge in [-0.3, -0.25) is 0 Å². The van der Waals surface area contributed by atoms with Crippen LogP contribution in [-0.4, -0.2) is 10.1 Å².